The van der Waals surface area contributed by atoms with Crippen LogP contribution < -0.4 is 9.54 Å². The van der Waals surface area contributed by atoms with Crippen molar-refractivity contribution in [1.82, 2.24) is 4.57 Å². The standard InChI is InChI=1S/C27H20N2O2S/c1-2-18-29-23-17-16-19-10-6-7-13-21(19)25(23)32-27(29)28-26(30)22-14-8-9-15-24(22)31-20-11-4-3-5-12-20/h2-17H,1,18H2. The third-order valence-corrected chi connectivity index (χ3v) is 6.30. The second-order valence-corrected chi connectivity index (χ2v) is 8.22. The molecule has 0 unspecified atom stereocenters. The van der Waals surface area contributed by atoms with Crippen molar-refractivity contribution in [2.45, 2.75) is 6.54 Å². The van der Waals surface area contributed by atoms with Gasteiger partial charge in [-0.2, -0.15) is 4.99 Å². The molecule has 0 aliphatic carbocycles. The Morgan fingerprint density at radius 2 is 1.69 bits per heavy atom. The van der Waals surface area contributed by atoms with Crippen molar-refractivity contribution in [1.29, 1.82) is 0 Å². The average Bonchev–Trinajstić information content (AvgIpc) is 3.18. The van der Waals surface area contributed by atoms with Gasteiger partial charge in [0.1, 0.15) is 11.5 Å². The minimum absolute atomic E-state index is 0.342. The van der Waals surface area contributed by atoms with Gasteiger partial charge in [-0.05, 0) is 35.7 Å². The van der Waals surface area contributed by atoms with Crippen LogP contribution in [0, 0.1) is 0 Å². The maximum Gasteiger partial charge on any atom is 0.283 e. The van der Waals surface area contributed by atoms with Crippen LogP contribution in [0.15, 0.2) is 109 Å². The highest BCUT2D eigenvalue weighted by molar-refractivity contribution is 7.17. The molecule has 1 aromatic heterocycles. The Morgan fingerprint density at radius 1 is 0.938 bits per heavy atom. The second kappa shape index (κ2) is 8.65. The van der Waals surface area contributed by atoms with E-state index in [0.717, 1.165) is 21.0 Å². The second-order valence-electron chi connectivity index (χ2n) is 7.25. The van der Waals surface area contributed by atoms with Gasteiger partial charge in [0.2, 0.25) is 0 Å². The number of ether oxygens (including phenoxy) is 1. The molecule has 156 valence electrons. The van der Waals surface area contributed by atoms with Crippen molar-refractivity contribution in [3.63, 3.8) is 0 Å². The number of hydrogen-bond acceptors (Lipinski definition) is 3. The smallest absolute Gasteiger partial charge is 0.283 e. The molecule has 0 N–H and O–H groups in total. The van der Waals surface area contributed by atoms with Crippen LogP contribution in [0.4, 0.5) is 0 Å². The van der Waals surface area contributed by atoms with Gasteiger partial charge in [0.05, 0.1) is 15.8 Å². The summed E-state index contributed by atoms with van der Waals surface area (Å²) in [7, 11) is 0. The van der Waals surface area contributed by atoms with Gasteiger partial charge in [0, 0.05) is 11.9 Å². The molecule has 0 saturated heterocycles. The van der Waals surface area contributed by atoms with Crippen LogP contribution in [-0.2, 0) is 6.54 Å². The lowest BCUT2D eigenvalue weighted by Gasteiger charge is -2.08. The molecular formula is C27H20N2O2S. The molecule has 1 amide bonds. The fourth-order valence-electron chi connectivity index (χ4n) is 3.68. The van der Waals surface area contributed by atoms with E-state index in [0.29, 0.717) is 28.4 Å². The summed E-state index contributed by atoms with van der Waals surface area (Å²) in [6.07, 6.45) is 1.82. The first-order chi connectivity index (χ1) is 15.7. The van der Waals surface area contributed by atoms with E-state index in [1.807, 2.05) is 65.2 Å². The largest absolute Gasteiger partial charge is 0.457 e. The van der Waals surface area contributed by atoms with E-state index in [1.165, 1.54) is 11.3 Å². The van der Waals surface area contributed by atoms with Gasteiger partial charge in [0.25, 0.3) is 5.91 Å². The molecule has 0 aliphatic heterocycles. The molecule has 0 aliphatic rings. The zero-order valence-corrected chi connectivity index (χ0v) is 18.1. The molecule has 4 nitrogen and oxygen atoms in total. The number of amides is 1. The fourth-order valence-corrected chi connectivity index (χ4v) is 4.86. The quantitative estimate of drug-likeness (QED) is 0.292. The molecule has 0 saturated carbocycles. The third-order valence-electron chi connectivity index (χ3n) is 5.17. The summed E-state index contributed by atoms with van der Waals surface area (Å²) in [6, 6.07) is 29.0. The summed E-state index contributed by atoms with van der Waals surface area (Å²) in [6.45, 7) is 4.44. The number of carbonyl (C=O) groups is 1. The Morgan fingerprint density at radius 3 is 2.53 bits per heavy atom. The van der Waals surface area contributed by atoms with Gasteiger partial charge in [0.15, 0.2) is 4.80 Å². The number of rotatable bonds is 5. The van der Waals surface area contributed by atoms with Crippen molar-refractivity contribution in [2.75, 3.05) is 0 Å². The molecule has 0 bridgehead atoms. The number of fused-ring (bicyclic) bond motifs is 3. The van der Waals surface area contributed by atoms with Crippen LogP contribution in [0.3, 0.4) is 0 Å². The number of aromatic nitrogens is 1. The fraction of sp³-hybridized carbons (Fsp3) is 0.0370. The molecule has 5 heteroatoms. The number of thiazole rings is 1. The van der Waals surface area contributed by atoms with Gasteiger partial charge in [-0.1, -0.05) is 78.1 Å². The number of benzene rings is 4. The lowest BCUT2D eigenvalue weighted by molar-refractivity contribution is 0.0995. The Balaban J connectivity index is 1.63. The van der Waals surface area contributed by atoms with E-state index < -0.39 is 0 Å². The minimum Gasteiger partial charge on any atom is -0.457 e. The number of nitrogens with zero attached hydrogens (tertiary/aromatic N) is 2. The predicted octanol–water partition coefficient (Wildman–Crippen LogP) is 6.58. The molecular weight excluding hydrogens is 416 g/mol. The van der Waals surface area contributed by atoms with Crippen LogP contribution >= 0.6 is 11.3 Å². The minimum atomic E-state index is -0.342. The Labute approximate surface area is 189 Å². The predicted molar refractivity (Wildman–Crippen MR) is 130 cm³/mol. The summed E-state index contributed by atoms with van der Waals surface area (Å²) in [5, 5.41) is 2.31. The summed E-state index contributed by atoms with van der Waals surface area (Å²) in [5.74, 6) is 0.808. The van der Waals surface area contributed by atoms with Crippen molar-refractivity contribution < 1.29 is 9.53 Å². The summed E-state index contributed by atoms with van der Waals surface area (Å²) in [5.41, 5.74) is 1.46. The van der Waals surface area contributed by atoms with Crippen molar-refractivity contribution in [2.24, 2.45) is 4.99 Å². The first-order valence-electron chi connectivity index (χ1n) is 10.3. The topological polar surface area (TPSA) is 43.6 Å². The lowest BCUT2D eigenvalue weighted by atomic mass is 10.1. The first-order valence-corrected chi connectivity index (χ1v) is 11.1. The Hall–Kier alpha value is -3.96. The van der Waals surface area contributed by atoms with Gasteiger partial charge >= 0.3 is 0 Å². The van der Waals surface area contributed by atoms with E-state index in [9.17, 15) is 4.79 Å². The highest BCUT2D eigenvalue weighted by Crippen LogP contribution is 2.28. The number of allylic oxidation sites excluding steroid dienone is 1. The zero-order chi connectivity index (χ0) is 21.9. The van der Waals surface area contributed by atoms with Crippen molar-refractivity contribution in [3.8, 4) is 11.5 Å². The number of para-hydroxylation sites is 2. The lowest BCUT2D eigenvalue weighted by Crippen LogP contribution is -2.16. The molecule has 32 heavy (non-hydrogen) atoms. The van der Waals surface area contributed by atoms with E-state index in [4.69, 9.17) is 4.74 Å². The van der Waals surface area contributed by atoms with E-state index in [2.05, 4.69) is 35.8 Å². The maximum atomic E-state index is 13.2. The van der Waals surface area contributed by atoms with E-state index >= 15 is 0 Å². The van der Waals surface area contributed by atoms with Gasteiger partial charge < -0.3 is 9.30 Å². The normalized spacial score (nSPS) is 11.7. The average molecular weight is 437 g/mol. The summed E-state index contributed by atoms with van der Waals surface area (Å²) in [4.78, 5) is 18.4. The SMILES string of the molecule is C=CCn1c(=NC(=O)c2ccccc2Oc2ccccc2)sc2c3ccccc3ccc21. The molecule has 5 rings (SSSR count). The van der Waals surface area contributed by atoms with Crippen molar-refractivity contribution in [3.05, 3.63) is 114 Å². The third kappa shape index (κ3) is 3.74. The Kier molecular flexibility index (Phi) is 5.40. The van der Waals surface area contributed by atoms with E-state index in [-0.39, 0.29) is 5.91 Å². The van der Waals surface area contributed by atoms with Gasteiger partial charge in [-0.3, -0.25) is 4.79 Å². The molecule has 0 radical (unpaired) electrons. The van der Waals surface area contributed by atoms with Crippen LogP contribution in [0.5, 0.6) is 11.5 Å². The van der Waals surface area contributed by atoms with Crippen LogP contribution in [0.2, 0.25) is 0 Å². The Bertz CT molecular complexity index is 1510. The monoisotopic (exact) mass is 436 g/mol. The zero-order valence-electron chi connectivity index (χ0n) is 17.3. The van der Waals surface area contributed by atoms with Gasteiger partial charge in [-0.15, -0.1) is 6.58 Å². The van der Waals surface area contributed by atoms with Crippen molar-refractivity contribution >= 4 is 38.2 Å². The number of carbonyl (C=O) groups excluding carboxylic acids is 1. The van der Waals surface area contributed by atoms with E-state index in [1.54, 1.807) is 12.1 Å². The van der Waals surface area contributed by atoms with Crippen LogP contribution in [0.1, 0.15) is 10.4 Å². The maximum absolute atomic E-state index is 13.2. The molecule has 5 aromatic rings. The number of hydrogen-bond donors (Lipinski definition) is 0. The highest BCUT2D eigenvalue weighted by Gasteiger charge is 2.14. The molecule has 0 atom stereocenters. The molecule has 0 spiro atoms. The van der Waals surface area contributed by atoms with Crippen LogP contribution in [0.25, 0.3) is 21.0 Å². The molecule has 1 heterocycles. The molecule has 0 fully saturated rings. The highest BCUT2D eigenvalue weighted by atomic mass is 32.1. The summed E-state index contributed by atoms with van der Waals surface area (Å²) >= 11 is 1.51. The van der Waals surface area contributed by atoms with Gasteiger partial charge in [-0.25, -0.2) is 0 Å². The summed E-state index contributed by atoms with van der Waals surface area (Å²) < 4.78 is 9.09. The first kappa shape index (κ1) is 20.0. The molecule has 4 aromatic carbocycles. The van der Waals surface area contributed by atoms with Crippen LogP contribution in [-0.4, -0.2) is 10.5 Å².